The van der Waals surface area contributed by atoms with Crippen molar-refractivity contribution in [1.29, 1.82) is 0 Å². The summed E-state index contributed by atoms with van der Waals surface area (Å²) in [5, 5.41) is 3.54. The minimum Gasteiger partial charge on any atom is -0.354 e. The van der Waals surface area contributed by atoms with Crippen LogP contribution in [0, 0.1) is 11.8 Å². The third kappa shape index (κ3) is 7.15. The Labute approximate surface area is 235 Å². The van der Waals surface area contributed by atoms with E-state index in [1.165, 1.54) is 4.90 Å². The number of likely N-dealkylation sites (tertiary alicyclic amines) is 1. The molecule has 1 fully saturated rings. The summed E-state index contributed by atoms with van der Waals surface area (Å²) in [6, 6.07) is 16.0. The Bertz CT molecular complexity index is 1190. The summed E-state index contributed by atoms with van der Waals surface area (Å²) in [5.74, 6) is -1.61. The second-order valence-corrected chi connectivity index (χ2v) is 10.7. The number of nitrogens with zero attached hydrogens (tertiary/aromatic N) is 2. The van der Waals surface area contributed by atoms with Crippen LogP contribution in [0.15, 0.2) is 66.7 Å². The predicted molar refractivity (Wildman–Crippen MR) is 151 cm³/mol. The summed E-state index contributed by atoms with van der Waals surface area (Å²) in [4.78, 5) is 56.1. The zero-order valence-electron chi connectivity index (χ0n) is 22.4. The number of hydrogen-bond acceptors (Lipinski definition) is 4. The highest BCUT2D eigenvalue weighted by Crippen LogP contribution is 2.35. The van der Waals surface area contributed by atoms with Crippen LogP contribution in [-0.4, -0.2) is 52.6 Å². The van der Waals surface area contributed by atoms with Crippen molar-refractivity contribution in [3.63, 3.8) is 0 Å². The average Bonchev–Trinajstić information content (AvgIpc) is 3.19. The molecule has 3 atom stereocenters. The second kappa shape index (κ2) is 13.6. The molecular weight excluding hydrogens is 514 g/mol. The lowest BCUT2D eigenvalue weighted by Gasteiger charge is -2.32. The van der Waals surface area contributed by atoms with Crippen molar-refractivity contribution in [1.82, 2.24) is 15.1 Å². The van der Waals surface area contributed by atoms with E-state index in [0.29, 0.717) is 30.8 Å². The molecule has 7 nitrogen and oxygen atoms in total. The van der Waals surface area contributed by atoms with Crippen molar-refractivity contribution < 1.29 is 19.2 Å². The van der Waals surface area contributed by atoms with E-state index in [4.69, 9.17) is 11.6 Å². The lowest BCUT2D eigenvalue weighted by Crippen LogP contribution is -2.51. The van der Waals surface area contributed by atoms with E-state index in [-0.39, 0.29) is 55.0 Å². The van der Waals surface area contributed by atoms with Gasteiger partial charge in [0.1, 0.15) is 6.04 Å². The molecule has 0 saturated carbocycles. The molecule has 206 valence electrons. The fraction of sp³-hybridized carbons (Fsp3) is 0.419. The van der Waals surface area contributed by atoms with E-state index < -0.39 is 6.04 Å². The molecule has 1 heterocycles. The van der Waals surface area contributed by atoms with Crippen molar-refractivity contribution in [3.05, 3.63) is 82.9 Å². The number of carbonyl (C=O) groups is 4. The highest BCUT2D eigenvalue weighted by atomic mass is 35.5. The van der Waals surface area contributed by atoms with Gasteiger partial charge in [0, 0.05) is 37.5 Å². The summed E-state index contributed by atoms with van der Waals surface area (Å²) in [7, 11) is 0. The lowest BCUT2D eigenvalue weighted by molar-refractivity contribution is -0.144. The van der Waals surface area contributed by atoms with Gasteiger partial charge in [0.25, 0.3) is 0 Å². The number of benzene rings is 2. The lowest BCUT2D eigenvalue weighted by atomic mass is 9.85. The van der Waals surface area contributed by atoms with Gasteiger partial charge in [-0.3, -0.25) is 24.1 Å². The Hall–Kier alpha value is -3.45. The highest BCUT2D eigenvalue weighted by Gasteiger charge is 2.47. The first kappa shape index (κ1) is 28.6. The maximum atomic E-state index is 13.8. The van der Waals surface area contributed by atoms with Gasteiger partial charge in [-0.05, 0) is 42.5 Å². The Morgan fingerprint density at radius 1 is 1.00 bits per heavy atom. The number of imide groups is 1. The van der Waals surface area contributed by atoms with E-state index in [9.17, 15) is 19.2 Å². The Morgan fingerprint density at radius 3 is 2.31 bits per heavy atom. The van der Waals surface area contributed by atoms with Gasteiger partial charge in [-0.15, -0.1) is 0 Å². The molecule has 0 aromatic heterocycles. The number of rotatable bonds is 12. The molecule has 0 spiro atoms. The molecule has 4 amide bonds. The van der Waals surface area contributed by atoms with Crippen LogP contribution in [-0.2, 0) is 32.1 Å². The maximum Gasteiger partial charge on any atom is 0.243 e. The maximum absolute atomic E-state index is 13.8. The van der Waals surface area contributed by atoms with Crippen LogP contribution in [0.3, 0.4) is 0 Å². The SMILES string of the molecule is CCCCNC(=O)[C@H](Cc1ccccc1)N(Cc1cccc(Cl)c1)C(=O)CCN1C(=O)[C@H]2CC=CC[C@H]2C1=O. The molecule has 39 heavy (non-hydrogen) atoms. The number of nitrogens with one attached hydrogen (secondary N) is 1. The van der Waals surface area contributed by atoms with Crippen LogP contribution in [0.4, 0.5) is 0 Å². The second-order valence-electron chi connectivity index (χ2n) is 10.2. The summed E-state index contributed by atoms with van der Waals surface area (Å²) >= 11 is 6.23. The van der Waals surface area contributed by atoms with Crippen molar-refractivity contribution in [3.8, 4) is 0 Å². The van der Waals surface area contributed by atoms with Crippen LogP contribution >= 0.6 is 11.6 Å². The highest BCUT2D eigenvalue weighted by molar-refractivity contribution is 6.30. The van der Waals surface area contributed by atoms with E-state index in [2.05, 4.69) is 12.2 Å². The fourth-order valence-corrected chi connectivity index (χ4v) is 5.55. The summed E-state index contributed by atoms with van der Waals surface area (Å²) in [5.41, 5.74) is 1.72. The monoisotopic (exact) mass is 549 g/mol. The van der Waals surface area contributed by atoms with Crippen LogP contribution < -0.4 is 5.32 Å². The van der Waals surface area contributed by atoms with Gasteiger partial charge in [0.2, 0.25) is 23.6 Å². The number of halogens is 1. The average molecular weight is 550 g/mol. The van der Waals surface area contributed by atoms with Crippen LogP contribution in [0.5, 0.6) is 0 Å². The van der Waals surface area contributed by atoms with Gasteiger partial charge >= 0.3 is 0 Å². The largest absolute Gasteiger partial charge is 0.354 e. The van der Waals surface area contributed by atoms with Gasteiger partial charge in [-0.1, -0.05) is 79.6 Å². The standard InChI is InChI=1S/C31H36ClN3O4/c1-2-3-17-33-29(37)27(20-22-10-5-4-6-11-22)35(21-23-12-9-13-24(32)19-23)28(36)16-18-34-30(38)25-14-7-8-15-26(25)31(34)39/h4-13,19,25-27H,2-3,14-18,20-21H2,1H3,(H,33,37)/t25-,26+,27-/m0/s1. The number of amides is 4. The topological polar surface area (TPSA) is 86.8 Å². The normalized spacial score (nSPS) is 19.1. The zero-order valence-corrected chi connectivity index (χ0v) is 23.1. The van der Waals surface area contributed by atoms with E-state index in [1.54, 1.807) is 17.0 Å². The van der Waals surface area contributed by atoms with Crippen molar-refractivity contribution >= 4 is 35.2 Å². The van der Waals surface area contributed by atoms with Gasteiger partial charge in [0.15, 0.2) is 0 Å². The molecule has 2 aliphatic rings. The molecule has 2 aromatic carbocycles. The van der Waals surface area contributed by atoms with Crippen LogP contribution in [0.2, 0.25) is 5.02 Å². The summed E-state index contributed by atoms with van der Waals surface area (Å²) < 4.78 is 0. The molecule has 0 bridgehead atoms. The smallest absolute Gasteiger partial charge is 0.243 e. The van der Waals surface area contributed by atoms with Gasteiger partial charge < -0.3 is 10.2 Å². The minimum atomic E-state index is -0.771. The van der Waals surface area contributed by atoms with E-state index >= 15 is 0 Å². The molecule has 0 radical (unpaired) electrons. The third-order valence-corrected chi connectivity index (χ3v) is 7.73. The first-order valence-electron chi connectivity index (χ1n) is 13.7. The molecule has 1 aliphatic carbocycles. The molecular formula is C31H36ClN3O4. The summed E-state index contributed by atoms with van der Waals surface area (Å²) in [6.45, 7) is 2.75. The summed E-state index contributed by atoms with van der Waals surface area (Å²) in [6.07, 6.45) is 7.04. The molecule has 4 rings (SSSR count). The molecule has 8 heteroatoms. The van der Waals surface area contributed by atoms with Crippen LogP contribution in [0.25, 0.3) is 0 Å². The number of carbonyl (C=O) groups excluding carboxylic acids is 4. The van der Waals surface area contributed by atoms with Crippen molar-refractivity contribution in [2.45, 2.75) is 58.0 Å². The number of allylic oxidation sites excluding steroid dienone is 2. The van der Waals surface area contributed by atoms with Crippen molar-refractivity contribution in [2.75, 3.05) is 13.1 Å². The van der Waals surface area contributed by atoms with Gasteiger partial charge in [-0.2, -0.15) is 0 Å². The molecule has 0 unspecified atom stereocenters. The first-order valence-corrected chi connectivity index (χ1v) is 14.1. The quantitative estimate of drug-likeness (QED) is 0.239. The Morgan fingerprint density at radius 2 is 1.67 bits per heavy atom. The van der Waals surface area contributed by atoms with E-state index in [1.807, 2.05) is 54.6 Å². The number of fused-ring (bicyclic) bond motifs is 1. The van der Waals surface area contributed by atoms with Crippen molar-refractivity contribution in [2.24, 2.45) is 11.8 Å². The number of hydrogen-bond donors (Lipinski definition) is 1. The predicted octanol–water partition coefficient (Wildman–Crippen LogP) is 4.54. The molecule has 1 saturated heterocycles. The number of unbranched alkanes of at least 4 members (excludes halogenated alkanes) is 1. The zero-order chi connectivity index (χ0) is 27.8. The third-order valence-electron chi connectivity index (χ3n) is 7.49. The molecule has 1 aliphatic heterocycles. The Balaban J connectivity index is 1.57. The van der Waals surface area contributed by atoms with Gasteiger partial charge in [-0.25, -0.2) is 0 Å². The minimum absolute atomic E-state index is 0.00502. The molecule has 1 N–H and O–H groups in total. The first-order chi connectivity index (χ1) is 18.9. The van der Waals surface area contributed by atoms with E-state index in [0.717, 1.165) is 24.0 Å². The van der Waals surface area contributed by atoms with Crippen LogP contribution in [0.1, 0.15) is 50.2 Å². The molecule has 2 aromatic rings. The van der Waals surface area contributed by atoms with Gasteiger partial charge in [0.05, 0.1) is 11.8 Å². The Kier molecular flexibility index (Phi) is 9.93. The fourth-order valence-electron chi connectivity index (χ4n) is 5.33.